The summed E-state index contributed by atoms with van der Waals surface area (Å²) < 4.78 is 1.10. The molecule has 0 aliphatic rings. The lowest BCUT2D eigenvalue weighted by atomic mass is 10.1. The van der Waals surface area contributed by atoms with Crippen molar-refractivity contribution in [3.05, 3.63) is 52.5 Å². The van der Waals surface area contributed by atoms with E-state index in [4.69, 9.17) is 11.6 Å². The van der Waals surface area contributed by atoms with E-state index in [0.29, 0.717) is 15.8 Å². The Labute approximate surface area is 137 Å². The molecule has 0 aliphatic heterocycles. The fraction of sp³-hybridized carbons (Fsp3) is 0.125. The fourth-order valence-corrected chi connectivity index (χ4v) is 3.34. The molecule has 0 bridgehead atoms. The number of rotatable bonds is 2. The summed E-state index contributed by atoms with van der Waals surface area (Å²) in [6.07, 6.45) is 0. The van der Waals surface area contributed by atoms with Gasteiger partial charge in [-0.1, -0.05) is 41.1 Å². The highest BCUT2D eigenvalue weighted by molar-refractivity contribution is 7.22. The molecule has 0 fully saturated rings. The molecule has 2 N–H and O–H groups in total. The van der Waals surface area contributed by atoms with Gasteiger partial charge in [-0.25, -0.2) is 9.78 Å². The van der Waals surface area contributed by atoms with Crippen molar-refractivity contribution in [3.63, 3.8) is 0 Å². The zero-order valence-corrected chi connectivity index (χ0v) is 13.7. The van der Waals surface area contributed by atoms with E-state index in [9.17, 15) is 4.79 Å². The van der Waals surface area contributed by atoms with Gasteiger partial charge < -0.3 is 5.32 Å². The van der Waals surface area contributed by atoms with Gasteiger partial charge in [-0.3, -0.25) is 5.32 Å². The maximum absolute atomic E-state index is 12.0. The van der Waals surface area contributed by atoms with Crippen LogP contribution in [-0.4, -0.2) is 11.0 Å². The topological polar surface area (TPSA) is 54.0 Å². The SMILES string of the molecule is Cc1ccc(C)c2sc(NC(=O)Nc3cccc(Cl)c3)nc12. The van der Waals surface area contributed by atoms with Gasteiger partial charge in [0.15, 0.2) is 5.13 Å². The number of fused-ring (bicyclic) bond motifs is 1. The van der Waals surface area contributed by atoms with Gasteiger partial charge in [-0.05, 0) is 43.2 Å². The predicted molar refractivity (Wildman–Crippen MR) is 93.2 cm³/mol. The van der Waals surface area contributed by atoms with Crippen molar-refractivity contribution in [2.45, 2.75) is 13.8 Å². The molecule has 0 aliphatic carbocycles. The van der Waals surface area contributed by atoms with E-state index in [2.05, 4.69) is 21.7 Å². The number of hydrogen-bond acceptors (Lipinski definition) is 3. The van der Waals surface area contributed by atoms with Crippen molar-refractivity contribution in [3.8, 4) is 0 Å². The molecule has 3 aromatic rings. The smallest absolute Gasteiger partial charge is 0.308 e. The average Bonchev–Trinajstić information content (AvgIpc) is 2.88. The monoisotopic (exact) mass is 331 g/mol. The van der Waals surface area contributed by atoms with Crippen LogP contribution in [0.15, 0.2) is 36.4 Å². The standard InChI is InChI=1S/C16H14ClN3OS/c1-9-6-7-10(2)14-13(9)19-16(22-14)20-15(21)18-12-5-3-4-11(17)8-12/h3-8H,1-2H3,(H2,18,19,20,21). The minimum Gasteiger partial charge on any atom is -0.308 e. The molecule has 2 aromatic carbocycles. The van der Waals surface area contributed by atoms with E-state index < -0.39 is 0 Å². The summed E-state index contributed by atoms with van der Waals surface area (Å²) in [4.78, 5) is 16.5. The normalized spacial score (nSPS) is 10.7. The summed E-state index contributed by atoms with van der Waals surface area (Å²) in [5.74, 6) is 0. The maximum atomic E-state index is 12.0. The second-order valence-electron chi connectivity index (χ2n) is 4.99. The molecule has 1 heterocycles. The first-order chi connectivity index (χ1) is 10.5. The number of nitrogens with one attached hydrogen (secondary N) is 2. The number of carbonyl (C=O) groups excluding carboxylic acids is 1. The second kappa shape index (κ2) is 5.94. The van der Waals surface area contributed by atoms with Crippen LogP contribution in [0.5, 0.6) is 0 Å². The molecule has 0 atom stereocenters. The Kier molecular flexibility index (Phi) is 4.00. The van der Waals surface area contributed by atoms with E-state index in [1.165, 1.54) is 11.3 Å². The van der Waals surface area contributed by atoms with Crippen molar-refractivity contribution in [1.29, 1.82) is 0 Å². The highest BCUT2D eigenvalue weighted by atomic mass is 35.5. The number of nitrogens with zero attached hydrogens (tertiary/aromatic N) is 1. The Hall–Kier alpha value is -2.11. The number of hydrogen-bond donors (Lipinski definition) is 2. The van der Waals surface area contributed by atoms with Gasteiger partial charge in [0.25, 0.3) is 0 Å². The van der Waals surface area contributed by atoms with Gasteiger partial charge in [0, 0.05) is 10.7 Å². The summed E-state index contributed by atoms with van der Waals surface area (Å²) >= 11 is 7.37. The lowest BCUT2D eigenvalue weighted by molar-refractivity contribution is 0.262. The van der Waals surface area contributed by atoms with E-state index in [1.54, 1.807) is 24.3 Å². The number of amides is 2. The summed E-state index contributed by atoms with van der Waals surface area (Å²) in [6.45, 7) is 4.05. The van der Waals surface area contributed by atoms with Crippen molar-refractivity contribution in [2.24, 2.45) is 0 Å². The molecule has 0 spiro atoms. The zero-order valence-electron chi connectivity index (χ0n) is 12.1. The lowest BCUT2D eigenvalue weighted by Crippen LogP contribution is -2.19. The molecule has 22 heavy (non-hydrogen) atoms. The minimum atomic E-state index is -0.336. The number of anilines is 2. The molecule has 0 saturated heterocycles. The third-order valence-corrected chi connectivity index (χ3v) is 4.59. The van der Waals surface area contributed by atoms with Crippen LogP contribution in [0.25, 0.3) is 10.2 Å². The van der Waals surface area contributed by atoms with Gasteiger partial charge >= 0.3 is 6.03 Å². The summed E-state index contributed by atoms with van der Waals surface area (Å²) in [7, 11) is 0. The van der Waals surface area contributed by atoms with Crippen LogP contribution in [0.3, 0.4) is 0 Å². The Morgan fingerprint density at radius 3 is 2.64 bits per heavy atom. The molecule has 2 amide bonds. The van der Waals surface area contributed by atoms with Crippen LogP contribution in [0.2, 0.25) is 5.02 Å². The van der Waals surface area contributed by atoms with Crippen LogP contribution in [0.4, 0.5) is 15.6 Å². The maximum Gasteiger partial charge on any atom is 0.325 e. The van der Waals surface area contributed by atoms with Crippen LogP contribution < -0.4 is 10.6 Å². The Bertz CT molecular complexity index is 821. The number of aromatic nitrogens is 1. The molecular weight excluding hydrogens is 318 g/mol. The van der Waals surface area contributed by atoms with Gasteiger partial charge in [-0.2, -0.15) is 0 Å². The molecule has 112 valence electrons. The largest absolute Gasteiger partial charge is 0.325 e. The van der Waals surface area contributed by atoms with E-state index in [-0.39, 0.29) is 6.03 Å². The second-order valence-corrected chi connectivity index (χ2v) is 6.42. The van der Waals surface area contributed by atoms with E-state index >= 15 is 0 Å². The van der Waals surface area contributed by atoms with E-state index in [1.807, 2.05) is 19.9 Å². The molecule has 4 nitrogen and oxygen atoms in total. The number of urea groups is 1. The first-order valence-corrected chi connectivity index (χ1v) is 7.93. The van der Waals surface area contributed by atoms with E-state index in [0.717, 1.165) is 21.3 Å². The minimum absolute atomic E-state index is 0.336. The molecule has 0 unspecified atom stereocenters. The Morgan fingerprint density at radius 2 is 1.91 bits per heavy atom. The highest BCUT2D eigenvalue weighted by Crippen LogP contribution is 2.30. The number of halogens is 1. The molecule has 0 saturated carbocycles. The quantitative estimate of drug-likeness (QED) is 0.677. The average molecular weight is 332 g/mol. The first kappa shape index (κ1) is 14.8. The third kappa shape index (κ3) is 3.05. The van der Waals surface area contributed by atoms with Gasteiger partial charge in [0.1, 0.15) is 0 Å². The van der Waals surface area contributed by atoms with Crippen LogP contribution in [0.1, 0.15) is 11.1 Å². The van der Waals surface area contributed by atoms with Crippen molar-refractivity contribution < 1.29 is 4.79 Å². The molecule has 0 radical (unpaired) electrons. The number of thiazole rings is 1. The van der Waals surface area contributed by atoms with Crippen molar-refractivity contribution >= 4 is 50.0 Å². The third-order valence-electron chi connectivity index (χ3n) is 3.25. The van der Waals surface area contributed by atoms with Gasteiger partial charge in [0.2, 0.25) is 0 Å². The Balaban J connectivity index is 1.79. The number of aryl methyl sites for hydroxylation is 2. The highest BCUT2D eigenvalue weighted by Gasteiger charge is 2.11. The van der Waals surface area contributed by atoms with Crippen LogP contribution in [-0.2, 0) is 0 Å². The predicted octanol–water partition coefficient (Wildman–Crippen LogP) is 5.21. The number of benzene rings is 2. The Morgan fingerprint density at radius 1 is 1.14 bits per heavy atom. The number of carbonyl (C=O) groups is 1. The van der Waals surface area contributed by atoms with Crippen molar-refractivity contribution in [1.82, 2.24) is 4.98 Å². The van der Waals surface area contributed by atoms with Gasteiger partial charge in [-0.15, -0.1) is 0 Å². The summed E-state index contributed by atoms with van der Waals surface area (Å²) in [6, 6.07) is 10.8. The first-order valence-electron chi connectivity index (χ1n) is 6.73. The van der Waals surface area contributed by atoms with Crippen molar-refractivity contribution in [2.75, 3.05) is 10.6 Å². The van der Waals surface area contributed by atoms with Crippen LogP contribution >= 0.6 is 22.9 Å². The van der Waals surface area contributed by atoms with Crippen LogP contribution in [0, 0.1) is 13.8 Å². The lowest BCUT2D eigenvalue weighted by Gasteiger charge is -2.05. The summed E-state index contributed by atoms with van der Waals surface area (Å²) in [5.41, 5.74) is 3.82. The molecule has 1 aromatic heterocycles. The fourth-order valence-electron chi connectivity index (χ4n) is 2.14. The molecule has 3 rings (SSSR count). The van der Waals surface area contributed by atoms with Gasteiger partial charge in [0.05, 0.1) is 10.2 Å². The molecule has 6 heteroatoms. The zero-order chi connectivity index (χ0) is 15.7. The molecular formula is C16H14ClN3OS. The summed E-state index contributed by atoms with van der Waals surface area (Å²) in [5, 5.41) is 6.65.